The highest BCUT2D eigenvalue weighted by Crippen LogP contribution is 2.21. The Hall–Kier alpha value is -0.160. The number of nitrogens with one attached hydrogen (secondary N) is 1. The predicted octanol–water partition coefficient (Wildman–Crippen LogP) is 0.259. The Morgan fingerprint density at radius 2 is 1.94 bits per heavy atom. The first-order valence-corrected chi connectivity index (χ1v) is 6.41. The van der Waals surface area contributed by atoms with Crippen molar-refractivity contribution in [2.45, 2.75) is 57.3 Å². The van der Waals surface area contributed by atoms with Gasteiger partial charge in [-0.2, -0.15) is 0 Å². The van der Waals surface area contributed by atoms with Crippen LogP contribution in [0.4, 0.5) is 0 Å². The molecular formula is C12H25NO3. The molecular weight excluding hydrogens is 206 g/mol. The van der Waals surface area contributed by atoms with E-state index in [0.717, 1.165) is 12.8 Å². The van der Waals surface area contributed by atoms with Gasteiger partial charge in [0.2, 0.25) is 0 Å². The summed E-state index contributed by atoms with van der Waals surface area (Å²) in [5.74, 6) is -0.231. The van der Waals surface area contributed by atoms with Gasteiger partial charge in [0.1, 0.15) is 0 Å². The third kappa shape index (κ3) is 3.70. The highest BCUT2D eigenvalue weighted by molar-refractivity contribution is 4.91. The molecule has 16 heavy (non-hydrogen) atoms. The van der Waals surface area contributed by atoms with Gasteiger partial charge in [-0.25, -0.2) is 0 Å². The standard InChI is InChI=1S/C12H25NO3/c1-2-3-4-5-6-10-9(8-14)12(16)11(15)7-13-10/h9-16H,2-8H2,1H3. The summed E-state index contributed by atoms with van der Waals surface area (Å²) in [6.45, 7) is 2.54. The zero-order chi connectivity index (χ0) is 12.0. The molecule has 0 aromatic rings. The second kappa shape index (κ2) is 7.22. The molecule has 0 radical (unpaired) electrons. The summed E-state index contributed by atoms with van der Waals surface area (Å²) in [5.41, 5.74) is 0. The molecule has 1 heterocycles. The minimum atomic E-state index is -0.789. The molecule has 4 atom stereocenters. The lowest BCUT2D eigenvalue weighted by Crippen LogP contribution is -2.57. The number of hydrogen-bond acceptors (Lipinski definition) is 4. The van der Waals surface area contributed by atoms with Crippen molar-refractivity contribution in [3.63, 3.8) is 0 Å². The van der Waals surface area contributed by atoms with Crippen LogP contribution in [0.15, 0.2) is 0 Å². The Morgan fingerprint density at radius 1 is 1.19 bits per heavy atom. The van der Waals surface area contributed by atoms with E-state index < -0.39 is 12.2 Å². The van der Waals surface area contributed by atoms with E-state index in [2.05, 4.69) is 12.2 Å². The van der Waals surface area contributed by atoms with Crippen LogP contribution in [0.25, 0.3) is 0 Å². The van der Waals surface area contributed by atoms with E-state index >= 15 is 0 Å². The number of β-amino-alcohol motifs (C(OH)–C–C–N with tert-alkyl or cyclic N) is 1. The molecule has 1 aliphatic rings. The van der Waals surface area contributed by atoms with E-state index in [1.807, 2.05) is 0 Å². The Morgan fingerprint density at radius 3 is 2.56 bits per heavy atom. The number of unbranched alkanes of at least 4 members (excludes halogenated alkanes) is 3. The van der Waals surface area contributed by atoms with Crippen LogP contribution in [-0.4, -0.2) is 46.7 Å². The average molecular weight is 231 g/mol. The van der Waals surface area contributed by atoms with Crippen LogP contribution in [0.2, 0.25) is 0 Å². The highest BCUT2D eigenvalue weighted by atomic mass is 16.3. The van der Waals surface area contributed by atoms with Crippen LogP contribution in [0.5, 0.6) is 0 Å². The van der Waals surface area contributed by atoms with Crippen molar-refractivity contribution < 1.29 is 15.3 Å². The topological polar surface area (TPSA) is 72.7 Å². The molecule has 1 aliphatic heterocycles. The molecule has 4 unspecified atom stereocenters. The van der Waals surface area contributed by atoms with Crippen molar-refractivity contribution in [1.82, 2.24) is 5.32 Å². The molecule has 4 nitrogen and oxygen atoms in total. The minimum Gasteiger partial charge on any atom is -0.396 e. The van der Waals surface area contributed by atoms with E-state index in [0.29, 0.717) is 6.54 Å². The van der Waals surface area contributed by atoms with Gasteiger partial charge in [0.25, 0.3) is 0 Å². The van der Waals surface area contributed by atoms with E-state index in [1.165, 1.54) is 19.3 Å². The van der Waals surface area contributed by atoms with Crippen LogP contribution in [-0.2, 0) is 0 Å². The van der Waals surface area contributed by atoms with Gasteiger partial charge in [-0.1, -0.05) is 32.6 Å². The molecule has 96 valence electrons. The first-order valence-electron chi connectivity index (χ1n) is 6.41. The summed E-state index contributed by atoms with van der Waals surface area (Å²) in [5, 5.41) is 31.7. The fraction of sp³-hybridized carbons (Fsp3) is 1.00. The van der Waals surface area contributed by atoms with E-state index in [4.69, 9.17) is 0 Å². The molecule has 0 bridgehead atoms. The Labute approximate surface area is 97.7 Å². The number of rotatable bonds is 6. The van der Waals surface area contributed by atoms with Crippen molar-refractivity contribution in [3.8, 4) is 0 Å². The SMILES string of the molecule is CCCCCCC1NCC(O)C(O)C1CO. The van der Waals surface area contributed by atoms with E-state index in [1.54, 1.807) is 0 Å². The summed E-state index contributed by atoms with van der Waals surface area (Å²) in [4.78, 5) is 0. The number of aliphatic hydroxyl groups is 3. The molecule has 4 N–H and O–H groups in total. The van der Waals surface area contributed by atoms with E-state index in [9.17, 15) is 15.3 Å². The van der Waals surface area contributed by atoms with E-state index in [-0.39, 0.29) is 18.6 Å². The maximum absolute atomic E-state index is 9.76. The lowest BCUT2D eigenvalue weighted by Gasteiger charge is -2.38. The summed E-state index contributed by atoms with van der Waals surface area (Å²) in [6, 6.07) is 0.139. The van der Waals surface area contributed by atoms with Crippen LogP contribution in [0.3, 0.4) is 0 Å². The van der Waals surface area contributed by atoms with Crippen molar-refractivity contribution in [3.05, 3.63) is 0 Å². The predicted molar refractivity (Wildman–Crippen MR) is 63.1 cm³/mol. The summed E-state index contributed by atoms with van der Waals surface area (Å²) >= 11 is 0. The smallest absolute Gasteiger partial charge is 0.0927 e. The Bertz CT molecular complexity index is 189. The van der Waals surface area contributed by atoms with Gasteiger partial charge < -0.3 is 20.6 Å². The van der Waals surface area contributed by atoms with Crippen molar-refractivity contribution >= 4 is 0 Å². The van der Waals surface area contributed by atoms with Gasteiger partial charge in [-0.3, -0.25) is 0 Å². The number of piperidine rings is 1. The van der Waals surface area contributed by atoms with Gasteiger partial charge in [-0.15, -0.1) is 0 Å². The normalized spacial score (nSPS) is 35.2. The Kier molecular flexibility index (Phi) is 6.28. The Balaban J connectivity index is 2.33. The number of aliphatic hydroxyl groups excluding tert-OH is 3. The van der Waals surface area contributed by atoms with Crippen molar-refractivity contribution in [2.24, 2.45) is 5.92 Å². The van der Waals surface area contributed by atoms with Gasteiger partial charge in [-0.05, 0) is 6.42 Å². The molecule has 0 amide bonds. The largest absolute Gasteiger partial charge is 0.396 e. The highest BCUT2D eigenvalue weighted by Gasteiger charge is 2.36. The minimum absolute atomic E-state index is 0.0658. The van der Waals surface area contributed by atoms with Crippen LogP contribution in [0.1, 0.15) is 39.0 Å². The first-order chi connectivity index (χ1) is 7.70. The van der Waals surface area contributed by atoms with Gasteiger partial charge in [0.15, 0.2) is 0 Å². The van der Waals surface area contributed by atoms with Crippen LogP contribution < -0.4 is 5.32 Å². The molecule has 4 heteroatoms. The maximum atomic E-state index is 9.76. The van der Waals surface area contributed by atoms with Gasteiger partial charge in [0, 0.05) is 25.1 Å². The second-order valence-corrected chi connectivity index (χ2v) is 4.77. The summed E-state index contributed by atoms with van der Waals surface area (Å²) in [6.07, 6.45) is 4.20. The zero-order valence-electron chi connectivity index (χ0n) is 10.1. The summed E-state index contributed by atoms with van der Waals surface area (Å²) in [7, 11) is 0. The molecule has 1 rings (SSSR count). The fourth-order valence-corrected chi connectivity index (χ4v) is 2.41. The molecule has 0 aliphatic carbocycles. The van der Waals surface area contributed by atoms with Crippen LogP contribution in [0, 0.1) is 5.92 Å². The van der Waals surface area contributed by atoms with Crippen molar-refractivity contribution in [2.75, 3.05) is 13.2 Å². The second-order valence-electron chi connectivity index (χ2n) is 4.77. The molecule has 0 saturated carbocycles. The summed E-state index contributed by atoms with van der Waals surface area (Å²) < 4.78 is 0. The van der Waals surface area contributed by atoms with Crippen molar-refractivity contribution in [1.29, 1.82) is 0 Å². The average Bonchev–Trinajstić information content (AvgIpc) is 2.29. The molecule has 0 spiro atoms. The molecule has 0 aromatic heterocycles. The van der Waals surface area contributed by atoms with Gasteiger partial charge >= 0.3 is 0 Å². The third-order valence-corrected chi connectivity index (χ3v) is 3.52. The van der Waals surface area contributed by atoms with Gasteiger partial charge in [0.05, 0.1) is 12.2 Å². The lowest BCUT2D eigenvalue weighted by atomic mass is 9.84. The molecule has 0 aromatic carbocycles. The zero-order valence-corrected chi connectivity index (χ0v) is 10.1. The van der Waals surface area contributed by atoms with Crippen LogP contribution >= 0.6 is 0 Å². The molecule has 1 fully saturated rings. The molecule has 1 saturated heterocycles. The maximum Gasteiger partial charge on any atom is 0.0927 e. The quantitative estimate of drug-likeness (QED) is 0.495. The number of hydrogen-bond donors (Lipinski definition) is 4. The fourth-order valence-electron chi connectivity index (χ4n) is 2.41. The monoisotopic (exact) mass is 231 g/mol. The lowest BCUT2D eigenvalue weighted by molar-refractivity contribution is -0.0679. The third-order valence-electron chi connectivity index (χ3n) is 3.52. The first kappa shape index (κ1) is 13.9.